The summed E-state index contributed by atoms with van der Waals surface area (Å²) in [6, 6.07) is 30.6. The molecule has 1 aliphatic heterocycles. The summed E-state index contributed by atoms with van der Waals surface area (Å²) in [4.78, 5) is 0.255. The number of nitrogens with one attached hydrogen (secondary N) is 2. The van der Waals surface area contributed by atoms with Gasteiger partial charge in [-0.25, -0.2) is 8.42 Å². The van der Waals surface area contributed by atoms with Gasteiger partial charge >= 0.3 is 0 Å². The summed E-state index contributed by atoms with van der Waals surface area (Å²) in [5.74, 6) is 1.88. The highest BCUT2D eigenvalue weighted by Gasteiger charge is 2.38. The molecule has 4 aromatic rings. The van der Waals surface area contributed by atoms with Gasteiger partial charge in [0.15, 0.2) is 0 Å². The molecule has 5 nitrogen and oxygen atoms in total. The lowest BCUT2D eigenvalue weighted by molar-refractivity contribution is 0.425. The fourth-order valence-corrected chi connectivity index (χ4v) is 6.37. The number of rotatable bonds is 6. The maximum absolute atomic E-state index is 13.3. The van der Waals surface area contributed by atoms with Gasteiger partial charge in [0.1, 0.15) is 11.5 Å². The predicted molar refractivity (Wildman–Crippen MR) is 148 cm³/mol. The van der Waals surface area contributed by atoms with Gasteiger partial charge in [-0.15, -0.1) is 0 Å². The molecule has 0 bridgehead atoms. The van der Waals surface area contributed by atoms with Crippen LogP contribution < -0.4 is 14.8 Å². The minimum Gasteiger partial charge on any atom is -0.457 e. The van der Waals surface area contributed by atoms with E-state index in [4.69, 9.17) is 4.74 Å². The zero-order chi connectivity index (χ0) is 25.4. The van der Waals surface area contributed by atoms with E-state index in [1.165, 1.54) is 11.1 Å². The van der Waals surface area contributed by atoms with E-state index in [0.717, 1.165) is 23.4 Å². The molecule has 37 heavy (non-hydrogen) atoms. The zero-order valence-electron chi connectivity index (χ0n) is 20.5. The average Bonchev–Trinajstić information content (AvgIpc) is 3.41. The first kappa shape index (κ1) is 23.4. The Kier molecular flexibility index (Phi) is 5.97. The lowest BCUT2D eigenvalue weighted by Crippen LogP contribution is -2.29. The number of benzene rings is 4. The van der Waals surface area contributed by atoms with E-state index in [-0.39, 0.29) is 16.9 Å². The highest BCUT2D eigenvalue weighted by atomic mass is 32.2. The van der Waals surface area contributed by atoms with E-state index in [2.05, 4.69) is 53.4 Å². The van der Waals surface area contributed by atoms with E-state index < -0.39 is 10.0 Å². The van der Waals surface area contributed by atoms with Crippen molar-refractivity contribution >= 4 is 21.4 Å². The Balaban J connectivity index is 1.23. The van der Waals surface area contributed by atoms with Crippen LogP contribution in [0.4, 0.5) is 11.4 Å². The second-order valence-electron chi connectivity index (χ2n) is 9.68. The summed E-state index contributed by atoms with van der Waals surface area (Å²) >= 11 is 0. The second kappa shape index (κ2) is 9.45. The molecule has 1 aliphatic carbocycles. The number of aryl methyl sites for hydroxylation is 1. The third-order valence-electron chi connectivity index (χ3n) is 7.17. The molecule has 0 spiro atoms. The topological polar surface area (TPSA) is 67.4 Å². The van der Waals surface area contributed by atoms with Gasteiger partial charge in [-0.05, 0) is 85.0 Å². The van der Waals surface area contributed by atoms with Crippen LogP contribution in [-0.2, 0) is 10.0 Å². The summed E-state index contributed by atoms with van der Waals surface area (Å²) in [5.41, 5.74) is 4.99. The molecule has 0 amide bonds. The molecule has 1 heterocycles. The van der Waals surface area contributed by atoms with Gasteiger partial charge in [0, 0.05) is 17.3 Å². The molecule has 2 N–H and O–H groups in total. The first-order valence-electron chi connectivity index (χ1n) is 12.5. The molecule has 6 rings (SSSR count). The number of anilines is 2. The maximum Gasteiger partial charge on any atom is 0.261 e. The van der Waals surface area contributed by atoms with Crippen LogP contribution in [0.1, 0.15) is 35.1 Å². The Morgan fingerprint density at radius 2 is 1.59 bits per heavy atom. The third-order valence-corrected chi connectivity index (χ3v) is 8.55. The minimum atomic E-state index is -3.76. The van der Waals surface area contributed by atoms with Gasteiger partial charge in [-0.1, -0.05) is 60.2 Å². The zero-order valence-corrected chi connectivity index (χ0v) is 21.3. The van der Waals surface area contributed by atoms with Crippen LogP contribution in [0.15, 0.2) is 114 Å². The number of para-hydroxylation sites is 1. The number of sulfonamides is 1. The van der Waals surface area contributed by atoms with E-state index >= 15 is 0 Å². The summed E-state index contributed by atoms with van der Waals surface area (Å²) in [6.45, 7) is 2.09. The van der Waals surface area contributed by atoms with Crippen molar-refractivity contribution in [2.24, 2.45) is 5.92 Å². The molecule has 2 aliphatic rings. The third kappa shape index (κ3) is 4.72. The molecule has 4 aromatic carbocycles. The van der Waals surface area contributed by atoms with E-state index in [1.807, 2.05) is 42.5 Å². The summed E-state index contributed by atoms with van der Waals surface area (Å²) in [7, 11) is -3.76. The lowest BCUT2D eigenvalue weighted by Gasteiger charge is -2.37. The average molecular weight is 509 g/mol. The van der Waals surface area contributed by atoms with E-state index in [1.54, 1.807) is 30.3 Å². The van der Waals surface area contributed by atoms with Crippen molar-refractivity contribution in [1.29, 1.82) is 0 Å². The van der Waals surface area contributed by atoms with Crippen LogP contribution in [0.25, 0.3) is 0 Å². The van der Waals surface area contributed by atoms with Crippen molar-refractivity contribution in [3.8, 4) is 11.5 Å². The van der Waals surface area contributed by atoms with Crippen LogP contribution in [-0.4, -0.2) is 8.42 Å². The van der Waals surface area contributed by atoms with Crippen LogP contribution in [0, 0.1) is 12.8 Å². The smallest absolute Gasteiger partial charge is 0.261 e. The van der Waals surface area contributed by atoms with Gasteiger partial charge in [0.05, 0.1) is 10.9 Å². The van der Waals surface area contributed by atoms with Crippen LogP contribution in [0.5, 0.6) is 11.5 Å². The fourth-order valence-electron chi connectivity index (χ4n) is 5.27. The molecule has 0 radical (unpaired) electrons. The normalized spacial score (nSPS) is 20.0. The van der Waals surface area contributed by atoms with Crippen molar-refractivity contribution in [2.45, 2.75) is 30.2 Å². The molecule has 0 unspecified atom stereocenters. The second-order valence-corrected chi connectivity index (χ2v) is 11.4. The van der Waals surface area contributed by atoms with Crippen molar-refractivity contribution < 1.29 is 13.2 Å². The molecular weight excluding hydrogens is 480 g/mol. The Labute approximate surface area is 217 Å². The predicted octanol–water partition coefficient (Wildman–Crippen LogP) is 7.41. The molecule has 0 saturated heterocycles. The molecular formula is C31H28N2O3S. The standard InChI is InChI=1S/C31H28N2O3S/c1-21-10-12-22(13-11-21)31-28-9-5-8-27(28)29-20-26(18-19-30(29)32-31)37(34,35)33-23-14-16-25(17-15-23)36-24-6-3-2-4-7-24/h2-8,10-20,27-28,31-33H,9H2,1H3/t27-,28+,31+/m0/s1. The first-order chi connectivity index (χ1) is 18.0. The van der Waals surface area contributed by atoms with Crippen LogP contribution in [0.3, 0.4) is 0 Å². The SMILES string of the molecule is Cc1ccc([C@H]2Nc3ccc(S(=O)(=O)Nc4ccc(Oc5ccccc5)cc4)cc3[C@H]3C=CC[C@H]32)cc1. The van der Waals surface area contributed by atoms with Crippen molar-refractivity contribution in [1.82, 2.24) is 0 Å². The van der Waals surface area contributed by atoms with Gasteiger partial charge in [-0.3, -0.25) is 4.72 Å². The van der Waals surface area contributed by atoms with Gasteiger partial charge in [-0.2, -0.15) is 0 Å². The van der Waals surface area contributed by atoms with Crippen LogP contribution in [0.2, 0.25) is 0 Å². The summed E-state index contributed by atoms with van der Waals surface area (Å²) in [6.07, 6.45) is 5.40. The summed E-state index contributed by atoms with van der Waals surface area (Å²) in [5, 5.41) is 3.69. The Bertz CT molecular complexity index is 1550. The van der Waals surface area contributed by atoms with Crippen LogP contribution >= 0.6 is 0 Å². The maximum atomic E-state index is 13.3. The Morgan fingerprint density at radius 3 is 2.35 bits per heavy atom. The summed E-state index contributed by atoms with van der Waals surface area (Å²) < 4.78 is 35.1. The molecule has 3 atom stereocenters. The van der Waals surface area contributed by atoms with Gasteiger partial charge in [0.25, 0.3) is 10.0 Å². The molecule has 186 valence electrons. The molecule has 0 fully saturated rings. The minimum absolute atomic E-state index is 0.173. The van der Waals surface area contributed by atoms with Crippen molar-refractivity contribution in [3.63, 3.8) is 0 Å². The largest absolute Gasteiger partial charge is 0.457 e. The fraction of sp³-hybridized carbons (Fsp3) is 0.161. The number of allylic oxidation sites excluding steroid dienone is 2. The monoisotopic (exact) mass is 508 g/mol. The number of hydrogen-bond donors (Lipinski definition) is 2. The quantitative estimate of drug-likeness (QED) is 0.266. The van der Waals surface area contributed by atoms with Gasteiger partial charge < -0.3 is 10.1 Å². The van der Waals surface area contributed by atoms with Crippen molar-refractivity contribution in [3.05, 3.63) is 126 Å². The number of fused-ring (bicyclic) bond motifs is 3. The molecule has 0 aromatic heterocycles. The van der Waals surface area contributed by atoms with Crippen molar-refractivity contribution in [2.75, 3.05) is 10.0 Å². The Morgan fingerprint density at radius 1 is 0.865 bits per heavy atom. The van der Waals surface area contributed by atoms with Gasteiger partial charge in [0.2, 0.25) is 0 Å². The molecule has 0 saturated carbocycles. The highest BCUT2D eigenvalue weighted by Crippen LogP contribution is 2.50. The number of ether oxygens (including phenoxy) is 1. The Hall–Kier alpha value is -4.03. The number of hydrogen-bond acceptors (Lipinski definition) is 4. The highest BCUT2D eigenvalue weighted by molar-refractivity contribution is 7.92. The molecule has 6 heteroatoms. The lowest BCUT2D eigenvalue weighted by atomic mass is 9.77. The van der Waals surface area contributed by atoms with E-state index in [0.29, 0.717) is 17.4 Å². The van der Waals surface area contributed by atoms with E-state index in [9.17, 15) is 8.42 Å². The first-order valence-corrected chi connectivity index (χ1v) is 13.9.